The van der Waals surface area contributed by atoms with Gasteiger partial charge in [0, 0.05) is 23.1 Å². The van der Waals surface area contributed by atoms with Gasteiger partial charge in [-0.1, -0.05) is 19.1 Å². The minimum absolute atomic E-state index is 0.390. The third kappa shape index (κ3) is 3.79. The Kier molecular flexibility index (Phi) is 5.85. The van der Waals surface area contributed by atoms with E-state index in [2.05, 4.69) is 11.1 Å². The van der Waals surface area contributed by atoms with Crippen LogP contribution in [0.25, 0.3) is 22.0 Å². The Morgan fingerprint density at radius 3 is 2.25 bits per heavy atom. The first-order valence-electron chi connectivity index (χ1n) is 8.91. The van der Waals surface area contributed by atoms with Gasteiger partial charge in [0.15, 0.2) is 6.10 Å². The number of hydrogen-bond donors (Lipinski definition) is 0. The molecule has 0 saturated heterocycles. The smallest absolute Gasteiger partial charge is 0.223 e. The first kappa shape index (κ1) is 19.3. The molecule has 3 aromatic rings. The van der Waals surface area contributed by atoms with Crippen LogP contribution in [0.1, 0.15) is 13.3 Å². The summed E-state index contributed by atoms with van der Waals surface area (Å²) in [6.45, 7) is 1.90. The zero-order chi connectivity index (χ0) is 20.1. The third-order valence-corrected chi connectivity index (χ3v) is 4.46. The maximum Gasteiger partial charge on any atom is 0.223 e. The predicted octanol–water partition coefficient (Wildman–Crippen LogP) is 4.61. The maximum absolute atomic E-state index is 9.34. The zero-order valence-electron chi connectivity index (χ0n) is 16.4. The van der Waals surface area contributed by atoms with Gasteiger partial charge in [-0.2, -0.15) is 5.26 Å². The van der Waals surface area contributed by atoms with Crippen LogP contribution >= 0.6 is 0 Å². The molecule has 0 amide bonds. The standard InChI is InChI=1S/C22H22N2O4/c1-5-15(13-23)28-22-18(14-6-8-16(25-2)9-7-14)12-19-20(24-22)10-17(26-3)11-21(19)27-4/h6-12,15H,5H2,1-4H3. The van der Waals surface area contributed by atoms with Crippen molar-refractivity contribution in [3.05, 3.63) is 42.5 Å². The van der Waals surface area contributed by atoms with Gasteiger partial charge < -0.3 is 18.9 Å². The Bertz CT molecular complexity index is 1010. The molecule has 144 valence electrons. The number of ether oxygens (including phenoxy) is 4. The fourth-order valence-corrected chi connectivity index (χ4v) is 2.89. The van der Waals surface area contributed by atoms with Crippen molar-refractivity contribution < 1.29 is 18.9 Å². The summed E-state index contributed by atoms with van der Waals surface area (Å²) >= 11 is 0. The highest BCUT2D eigenvalue weighted by Gasteiger charge is 2.17. The van der Waals surface area contributed by atoms with E-state index < -0.39 is 6.10 Å². The summed E-state index contributed by atoms with van der Waals surface area (Å²) in [4.78, 5) is 4.68. The number of nitriles is 1. The van der Waals surface area contributed by atoms with Gasteiger partial charge in [0.05, 0.1) is 26.8 Å². The molecule has 0 aliphatic rings. The largest absolute Gasteiger partial charge is 0.497 e. The van der Waals surface area contributed by atoms with Crippen LogP contribution in [0.5, 0.6) is 23.1 Å². The van der Waals surface area contributed by atoms with Crippen LogP contribution in [0.4, 0.5) is 0 Å². The second-order valence-corrected chi connectivity index (χ2v) is 6.11. The average molecular weight is 378 g/mol. The van der Waals surface area contributed by atoms with E-state index in [1.54, 1.807) is 21.3 Å². The first-order valence-corrected chi connectivity index (χ1v) is 8.91. The number of benzene rings is 2. The van der Waals surface area contributed by atoms with E-state index in [-0.39, 0.29) is 0 Å². The van der Waals surface area contributed by atoms with E-state index in [0.717, 1.165) is 22.3 Å². The molecule has 28 heavy (non-hydrogen) atoms. The van der Waals surface area contributed by atoms with Gasteiger partial charge in [-0.15, -0.1) is 0 Å². The SMILES string of the molecule is CCC(C#N)Oc1nc2cc(OC)cc(OC)c2cc1-c1ccc(OC)cc1. The minimum atomic E-state index is -0.588. The molecule has 0 radical (unpaired) electrons. The van der Waals surface area contributed by atoms with Crippen molar-refractivity contribution in [2.45, 2.75) is 19.4 Å². The third-order valence-electron chi connectivity index (χ3n) is 4.46. The summed E-state index contributed by atoms with van der Waals surface area (Å²) in [5.41, 5.74) is 2.33. The van der Waals surface area contributed by atoms with Crippen molar-refractivity contribution in [1.82, 2.24) is 4.98 Å². The number of pyridine rings is 1. The fourth-order valence-electron chi connectivity index (χ4n) is 2.89. The van der Waals surface area contributed by atoms with Crippen LogP contribution in [0, 0.1) is 11.3 Å². The molecule has 0 spiro atoms. The van der Waals surface area contributed by atoms with Crippen molar-refractivity contribution in [1.29, 1.82) is 5.26 Å². The van der Waals surface area contributed by atoms with Gasteiger partial charge >= 0.3 is 0 Å². The Labute approximate surface area is 164 Å². The molecule has 1 aromatic heterocycles. The van der Waals surface area contributed by atoms with Crippen LogP contribution < -0.4 is 18.9 Å². The maximum atomic E-state index is 9.34. The molecule has 1 heterocycles. The number of fused-ring (bicyclic) bond motifs is 1. The molecule has 3 rings (SSSR count). The highest BCUT2D eigenvalue weighted by molar-refractivity contribution is 5.92. The van der Waals surface area contributed by atoms with Crippen molar-refractivity contribution in [3.8, 4) is 40.3 Å². The molecule has 0 aliphatic carbocycles. The lowest BCUT2D eigenvalue weighted by Gasteiger charge is -2.16. The van der Waals surface area contributed by atoms with Crippen LogP contribution in [0.15, 0.2) is 42.5 Å². The van der Waals surface area contributed by atoms with Crippen LogP contribution in [-0.4, -0.2) is 32.4 Å². The molecule has 0 aliphatic heterocycles. The number of methoxy groups -OCH3 is 3. The Balaban J connectivity index is 2.23. The predicted molar refractivity (Wildman–Crippen MR) is 107 cm³/mol. The molecule has 0 bridgehead atoms. The summed E-state index contributed by atoms with van der Waals surface area (Å²) in [7, 11) is 4.82. The van der Waals surface area contributed by atoms with E-state index in [1.807, 2.05) is 49.4 Å². The molecule has 6 nitrogen and oxygen atoms in total. The number of aromatic nitrogens is 1. The fraction of sp³-hybridized carbons (Fsp3) is 0.273. The van der Waals surface area contributed by atoms with Gasteiger partial charge in [0.1, 0.15) is 23.3 Å². The van der Waals surface area contributed by atoms with Gasteiger partial charge in [-0.05, 0) is 30.2 Å². The number of nitrogens with zero attached hydrogens (tertiary/aromatic N) is 2. The monoisotopic (exact) mass is 378 g/mol. The average Bonchev–Trinajstić information content (AvgIpc) is 2.76. The highest BCUT2D eigenvalue weighted by atomic mass is 16.5. The van der Waals surface area contributed by atoms with Crippen molar-refractivity contribution in [3.63, 3.8) is 0 Å². The molecule has 1 atom stereocenters. The van der Waals surface area contributed by atoms with Crippen LogP contribution in [-0.2, 0) is 0 Å². The lowest BCUT2D eigenvalue weighted by Crippen LogP contribution is -2.14. The summed E-state index contributed by atoms with van der Waals surface area (Å²) < 4.78 is 22.0. The Hall–Kier alpha value is -3.46. The minimum Gasteiger partial charge on any atom is -0.497 e. The summed E-state index contributed by atoms with van der Waals surface area (Å²) in [6, 6.07) is 15.3. The Morgan fingerprint density at radius 1 is 0.964 bits per heavy atom. The molecule has 6 heteroatoms. The topological polar surface area (TPSA) is 73.6 Å². The van der Waals surface area contributed by atoms with Crippen molar-refractivity contribution in [2.75, 3.05) is 21.3 Å². The van der Waals surface area contributed by atoms with Gasteiger partial charge in [0.2, 0.25) is 5.88 Å². The van der Waals surface area contributed by atoms with Gasteiger partial charge in [0.25, 0.3) is 0 Å². The molecule has 2 aromatic carbocycles. The molecule has 0 N–H and O–H groups in total. The molecule has 0 saturated carbocycles. The van der Waals surface area contributed by atoms with E-state index in [0.29, 0.717) is 29.3 Å². The van der Waals surface area contributed by atoms with E-state index >= 15 is 0 Å². The van der Waals surface area contributed by atoms with Crippen LogP contribution in [0.3, 0.4) is 0 Å². The highest BCUT2D eigenvalue weighted by Crippen LogP contribution is 2.38. The zero-order valence-corrected chi connectivity index (χ0v) is 16.4. The van der Waals surface area contributed by atoms with Crippen LogP contribution in [0.2, 0.25) is 0 Å². The first-order chi connectivity index (χ1) is 13.6. The number of hydrogen-bond acceptors (Lipinski definition) is 6. The van der Waals surface area contributed by atoms with E-state index in [4.69, 9.17) is 18.9 Å². The molecule has 1 unspecified atom stereocenters. The summed E-state index contributed by atoms with van der Waals surface area (Å²) in [5, 5.41) is 10.2. The molecular formula is C22H22N2O4. The second-order valence-electron chi connectivity index (χ2n) is 6.11. The quantitative estimate of drug-likeness (QED) is 0.598. The lowest BCUT2D eigenvalue weighted by molar-refractivity contribution is 0.244. The van der Waals surface area contributed by atoms with Crippen molar-refractivity contribution >= 4 is 10.9 Å². The normalized spacial score (nSPS) is 11.5. The summed E-state index contributed by atoms with van der Waals surface area (Å²) in [6.07, 6.45) is -0.0332. The summed E-state index contributed by atoms with van der Waals surface area (Å²) in [5.74, 6) is 2.43. The number of rotatable bonds is 7. The van der Waals surface area contributed by atoms with E-state index in [1.165, 1.54) is 0 Å². The molecule has 0 fully saturated rings. The van der Waals surface area contributed by atoms with Gasteiger partial charge in [-0.25, -0.2) is 4.98 Å². The second kappa shape index (κ2) is 8.49. The molecular weight excluding hydrogens is 356 g/mol. The Morgan fingerprint density at radius 2 is 1.68 bits per heavy atom. The van der Waals surface area contributed by atoms with E-state index in [9.17, 15) is 5.26 Å². The van der Waals surface area contributed by atoms with Crippen molar-refractivity contribution in [2.24, 2.45) is 0 Å². The lowest BCUT2D eigenvalue weighted by atomic mass is 10.0. The van der Waals surface area contributed by atoms with Gasteiger partial charge in [-0.3, -0.25) is 0 Å².